The van der Waals surface area contributed by atoms with Crippen molar-refractivity contribution in [3.05, 3.63) is 42.3 Å². The summed E-state index contributed by atoms with van der Waals surface area (Å²) in [6.07, 6.45) is 5.57. The molecule has 0 aliphatic heterocycles. The SMILES string of the molecule is C=C=CCCCN(C)c1cc(C#N)ccn1.CC.CNC. The van der Waals surface area contributed by atoms with Crippen molar-refractivity contribution in [2.75, 3.05) is 32.6 Å². The summed E-state index contributed by atoms with van der Waals surface area (Å²) in [6.45, 7) is 8.42. The zero-order chi connectivity index (χ0) is 16.5. The van der Waals surface area contributed by atoms with E-state index in [1.54, 1.807) is 18.3 Å². The summed E-state index contributed by atoms with van der Waals surface area (Å²) < 4.78 is 0. The minimum Gasteiger partial charge on any atom is -0.360 e. The first-order chi connectivity index (χ1) is 10.2. The maximum atomic E-state index is 8.77. The molecule has 116 valence electrons. The highest BCUT2D eigenvalue weighted by molar-refractivity contribution is 5.44. The molecule has 0 saturated carbocycles. The first kappa shape index (κ1) is 21.2. The van der Waals surface area contributed by atoms with Gasteiger partial charge in [0.1, 0.15) is 5.82 Å². The lowest BCUT2D eigenvalue weighted by molar-refractivity contribution is 0.792. The van der Waals surface area contributed by atoms with E-state index >= 15 is 0 Å². The Kier molecular flexibility index (Phi) is 16.1. The number of nitrogens with zero attached hydrogens (tertiary/aromatic N) is 3. The molecule has 0 radical (unpaired) electrons. The first-order valence-electron chi connectivity index (χ1n) is 7.19. The van der Waals surface area contributed by atoms with Crippen LogP contribution in [-0.4, -0.2) is 32.7 Å². The predicted octanol–water partition coefficient (Wildman–Crippen LogP) is 3.37. The van der Waals surface area contributed by atoms with Gasteiger partial charge in [-0.3, -0.25) is 0 Å². The molecule has 0 fully saturated rings. The summed E-state index contributed by atoms with van der Waals surface area (Å²) in [6, 6.07) is 5.61. The van der Waals surface area contributed by atoms with E-state index in [-0.39, 0.29) is 0 Å². The number of pyridine rings is 1. The van der Waals surface area contributed by atoms with E-state index in [1.165, 1.54) is 0 Å². The van der Waals surface area contributed by atoms with Gasteiger partial charge in [0.2, 0.25) is 0 Å². The second kappa shape index (κ2) is 16.0. The number of aromatic nitrogens is 1. The zero-order valence-electron chi connectivity index (χ0n) is 14.0. The summed E-state index contributed by atoms with van der Waals surface area (Å²) in [7, 11) is 5.72. The Morgan fingerprint density at radius 3 is 2.57 bits per heavy atom. The molecule has 0 bridgehead atoms. The van der Waals surface area contributed by atoms with Crippen LogP contribution >= 0.6 is 0 Å². The summed E-state index contributed by atoms with van der Waals surface area (Å²) >= 11 is 0. The average Bonchev–Trinajstić information content (AvgIpc) is 2.54. The van der Waals surface area contributed by atoms with Crippen molar-refractivity contribution in [3.63, 3.8) is 0 Å². The molecule has 0 aromatic carbocycles. The Morgan fingerprint density at radius 1 is 1.43 bits per heavy atom. The van der Waals surface area contributed by atoms with E-state index in [1.807, 2.05) is 46.0 Å². The van der Waals surface area contributed by atoms with Crippen molar-refractivity contribution in [2.24, 2.45) is 0 Å². The summed E-state index contributed by atoms with van der Waals surface area (Å²) in [4.78, 5) is 6.26. The molecule has 0 saturated heterocycles. The van der Waals surface area contributed by atoms with Gasteiger partial charge in [-0.2, -0.15) is 5.26 Å². The van der Waals surface area contributed by atoms with Crippen molar-refractivity contribution >= 4 is 5.82 Å². The highest BCUT2D eigenvalue weighted by atomic mass is 15.2. The van der Waals surface area contributed by atoms with Gasteiger partial charge in [-0.05, 0) is 45.1 Å². The molecule has 0 unspecified atom stereocenters. The molecule has 0 amide bonds. The quantitative estimate of drug-likeness (QED) is 0.666. The molecule has 1 rings (SSSR count). The second-order valence-corrected chi connectivity index (χ2v) is 3.99. The van der Waals surface area contributed by atoms with E-state index in [9.17, 15) is 0 Å². The number of rotatable bonds is 5. The zero-order valence-corrected chi connectivity index (χ0v) is 14.0. The molecule has 0 aliphatic carbocycles. The third kappa shape index (κ3) is 11.4. The summed E-state index contributed by atoms with van der Waals surface area (Å²) in [5, 5.41) is 11.5. The molecular weight excluding hydrogens is 260 g/mol. The topological polar surface area (TPSA) is 52.0 Å². The van der Waals surface area contributed by atoms with E-state index in [4.69, 9.17) is 5.26 Å². The fourth-order valence-electron chi connectivity index (χ4n) is 1.34. The van der Waals surface area contributed by atoms with Gasteiger partial charge in [0.25, 0.3) is 0 Å². The van der Waals surface area contributed by atoms with E-state index < -0.39 is 0 Å². The van der Waals surface area contributed by atoms with Crippen LogP contribution in [0.3, 0.4) is 0 Å². The first-order valence-corrected chi connectivity index (χ1v) is 7.19. The minimum atomic E-state index is 0.642. The van der Waals surface area contributed by atoms with Crippen LogP contribution in [0.15, 0.2) is 36.7 Å². The number of unbranched alkanes of at least 4 members (excludes halogenated alkanes) is 1. The lowest BCUT2D eigenvalue weighted by atomic mass is 10.2. The monoisotopic (exact) mass is 288 g/mol. The molecule has 21 heavy (non-hydrogen) atoms. The number of hydrogen-bond acceptors (Lipinski definition) is 4. The van der Waals surface area contributed by atoms with Gasteiger partial charge in [0.15, 0.2) is 0 Å². The van der Waals surface area contributed by atoms with Crippen molar-refractivity contribution in [2.45, 2.75) is 26.7 Å². The van der Waals surface area contributed by atoms with E-state index in [0.717, 1.165) is 25.2 Å². The maximum Gasteiger partial charge on any atom is 0.129 e. The number of anilines is 1. The largest absolute Gasteiger partial charge is 0.360 e. The lowest BCUT2D eigenvalue weighted by Gasteiger charge is -2.17. The minimum absolute atomic E-state index is 0.642. The van der Waals surface area contributed by atoms with Gasteiger partial charge >= 0.3 is 0 Å². The standard InChI is InChI=1S/C13H15N3.C2H7N.C2H6/c1-3-4-5-6-9-16(2)13-10-12(11-14)7-8-15-13;1-3-2;1-2/h4,7-8,10H,1,5-6,9H2,2H3;3H,1-2H3;1-2H3. The number of allylic oxidation sites excluding steroid dienone is 1. The molecule has 1 N–H and O–H groups in total. The Morgan fingerprint density at radius 2 is 2.05 bits per heavy atom. The normalized spacial score (nSPS) is 8.00. The number of nitrogens with one attached hydrogen (secondary N) is 1. The number of hydrogen-bond donors (Lipinski definition) is 1. The highest BCUT2D eigenvalue weighted by Crippen LogP contribution is 2.11. The molecule has 1 aromatic heterocycles. The fourth-order valence-corrected chi connectivity index (χ4v) is 1.34. The van der Waals surface area contributed by atoms with Crippen LogP contribution in [0.4, 0.5) is 5.82 Å². The van der Waals surface area contributed by atoms with Gasteiger partial charge in [-0.1, -0.05) is 20.4 Å². The average molecular weight is 288 g/mol. The lowest BCUT2D eigenvalue weighted by Crippen LogP contribution is -2.19. The Balaban J connectivity index is 0. The molecule has 0 spiro atoms. The van der Waals surface area contributed by atoms with Crippen molar-refractivity contribution in [3.8, 4) is 6.07 Å². The van der Waals surface area contributed by atoms with E-state index in [0.29, 0.717) is 5.56 Å². The smallest absolute Gasteiger partial charge is 0.129 e. The highest BCUT2D eigenvalue weighted by Gasteiger charge is 2.02. The van der Waals surface area contributed by atoms with Gasteiger partial charge in [0, 0.05) is 19.8 Å². The second-order valence-electron chi connectivity index (χ2n) is 3.99. The third-order valence-electron chi connectivity index (χ3n) is 2.25. The molecule has 4 nitrogen and oxygen atoms in total. The molecule has 1 heterocycles. The Hall–Kier alpha value is -2.08. The molecule has 4 heteroatoms. The molecular formula is C17H28N4. The van der Waals surface area contributed by atoms with Crippen LogP contribution in [0.1, 0.15) is 32.3 Å². The maximum absolute atomic E-state index is 8.77. The third-order valence-corrected chi connectivity index (χ3v) is 2.25. The van der Waals surface area contributed by atoms with Crippen molar-refractivity contribution in [1.29, 1.82) is 5.26 Å². The van der Waals surface area contributed by atoms with E-state index in [2.05, 4.69) is 28.7 Å². The summed E-state index contributed by atoms with van der Waals surface area (Å²) in [5.74, 6) is 0.835. The predicted molar refractivity (Wildman–Crippen MR) is 91.5 cm³/mol. The molecule has 0 atom stereocenters. The van der Waals surface area contributed by atoms with Crippen LogP contribution < -0.4 is 10.2 Å². The van der Waals surface area contributed by atoms with Crippen molar-refractivity contribution < 1.29 is 0 Å². The molecule has 0 aliphatic rings. The van der Waals surface area contributed by atoms with Gasteiger partial charge in [-0.15, -0.1) is 5.73 Å². The van der Waals surface area contributed by atoms with Crippen LogP contribution in [-0.2, 0) is 0 Å². The Labute approximate surface area is 129 Å². The van der Waals surface area contributed by atoms with Crippen LogP contribution in [0.5, 0.6) is 0 Å². The van der Waals surface area contributed by atoms with Gasteiger partial charge in [0.05, 0.1) is 11.6 Å². The fraction of sp³-hybridized carbons (Fsp3) is 0.471. The van der Waals surface area contributed by atoms with Gasteiger partial charge in [-0.25, -0.2) is 4.98 Å². The van der Waals surface area contributed by atoms with Crippen LogP contribution in [0.2, 0.25) is 0 Å². The number of nitriles is 1. The molecule has 1 aromatic rings. The summed E-state index contributed by atoms with van der Waals surface area (Å²) in [5.41, 5.74) is 3.39. The van der Waals surface area contributed by atoms with Crippen molar-refractivity contribution in [1.82, 2.24) is 10.3 Å². The van der Waals surface area contributed by atoms with Crippen LogP contribution in [0, 0.1) is 11.3 Å². The Bertz CT molecular complexity index is 442. The van der Waals surface area contributed by atoms with Gasteiger partial charge < -0.3 is 10.2 Å². The van der Waals surface area contributed by atoms with Crippen LogP contribution in [0.25, 0.3) is 0 Å².